The van der Waals surface area contributed by atoms with Gasteiger partial charge in [0.2, 0.25) is 0 Å². The number of nitrogens with one attached hydrogen (secondary N) is 2. The number of nitrogens with zero attached hydrogens (tertiary/aromatic N) is 1. The van der Waals surface area contributed by atoms with E-state index >= 15 is 0 Å². The molecule has 0 aliphatic heterocycles. The van der Waals surface area contributed by atoms with Gasteiger partial charge in [-0.15, -0.1) is 0 Å². The third-order valence-corrected chi connectivity index (χ3v) is 11.0. The van der Waals surface area contributed by atoms with Crippen LogP contribution in [0.15, 0.2) is 53.4 Å². The van der Waals surface area contributed by atoms with Crippen LogP contribution in [0.3, 0.4) is 0 Å². The van der Waals surface area contributed by atoms with Crippen LogP contribution in [-0.4, -0.2) is 53.3 Å². The van der Waals surface area contributed by atoms with Gasteiger partial charge in [0.15, 0.2) is 11.7 Å². The Labute approximate surface area is 324 Å². The van der Waals surface area contributed by atoms with Crippen molar-refractivity contribution < 1.29 is 29.0 Å². The maximum atomic E-state index is 13.0. The first-order chi connectivity index (χ1) is 25.7. The lowest BCUT2D eigenvalue weighted by Gasteiger charge is -2.30. The minimum atomic E-state index is -0.250. The van der Waals surface area contributed by atoms with Gasteiger partial charge in [-0.1, -0.05) is 153 Å². The second-order valence-corrected chi connectivity index (χ2v) is 16.1. The molecule has 53 heavy (non-hydrogen) atoms. The predicted octanol–water partition coefficient (Wildman–Crippen LogP) is 11.5. The molecule has 1 aliphatic carbocycles. The van der Waals surface area contributed by atoms with Crippen molar-refractivity contribution in [1.29, 1.82) is 5.41 Å². The van der Waals surface area contributed by atoms with Gasteiger partial charge in [-0.2, -0.15) is 4.33 Å². The Hall–Kier alpha value is -2.95. The van der Waals surface area contributed by atoms with Gasteiger partial charge in [-0.05, 0) is 43.4 Å². The molecule has 1 aliphatic rings. The zero-order valence-electron chi connectivity index (χ0n) is 33.1. The lowest BCUT2D eigenvalue weighted by molar-refractivity contribution is -0.890. The zero-order valence-corrected chi connectivity index (χ0v) is 33.9. The fraction of sp³-hybridized carbons (Fsp3) is 0.591. The highest BCUT2D eigenvalue weighted by Gasteiger charge is 2.34. The van der Waals surface area contributed by atoms with Crippen LogP contribution in [-0.2, 0) is 9.37 Å². The summed E-state index contributed by atoms with van der Waals surface area (Å²) in [6, 6.07) is 13.6. The fourth-order valence-corrected chi connectivity index (χ4v) is 7.59. The first kappa shape index (κ1) is 44.4. The largest absolute Gasteiger partial charge is 0.691 e. The number of carbonyl (C=O) groups is 1. The van der Waals surface area contributed by atoms with E-state index in [1.54, 1.807) is 48.5 Å². The molecule has 0 spiro atoms. The molecule has 294 valence electrons. The Morgan fingerprint density at radius 2 is 1.13 bits per heavy atom. The molecule has 0 unspecified atom stereocenters. The van der Waals surface area contributed by atoms with E-state index in [9.17, 15) is 15.2 Å². The molecule has 0 amide bonds. The maximum absolute atomic E-state index is 13.0. The Bertz CT molecular complexity index is 1460. The molecule has 8 nitrogen and oxygen atoms in total. The Morgan fingerprint density at radius 3 is 1.60 bits per heavy atom. The number of unbranched alkanes of at least 4 members (excludes halogenated alkanes) is 18. The molecular weight excluding hydrogens is 683 g/mol. The minimum Gasteiger partial charge on any atom is -0.691 e. The molecule has 0 saturated carbocycles. The SMILES string of the molecule is CCCCCCCCCCCC[N+](C)(C)CCCCCCCCCCCC.N=C1c2ccccc2C(=O)c2c(-c3ccc(SOO[O-])cc3)[nH]c(O)c21. The molecule has 0 radical (unpaired) electrons. The molecule has 9 heteroatoms. The fourth-order valence-electron chi connectivity index (χ4n) is 7.24. The normalized spacial score (nSPS) is 12.4. The number of fused-ring (bicyclic) bond motifs is 2. The predicted molar refractivity (Wildman–Crippen MR) is 217 cm³/mol. The van der Waals surface area contributed by atoms with Crippen LogP contribution in [0.1, 0.15) is 169 Å². The van der Waals surface area contributed by atoms with E-state index < -0.39 is 0 Å². The summed E-state index contributed by atoms with van der Waals surface area (Å²) in [5, 5.41) is 31.9. The van der Waals surface area contributed by atoms with Crippen molar-refractivity contribution in [3.8, 4) is 17.1 Å². The van der Waals surface area contributed by atoms with E-state index in [0.717, 1.165) is 12.0 Å². The first-order valence-electron chi connectivity index (χ1n) is 20.5. The molecule has 0 fully saturated rings. The van der Waals surface area contributed by atoms with Crippen molar-refractivity contribution in [3.05, 3.63) is 70.8 Å². The molecule has 4 rings (SSSR count). The molecule has 3 N–H and O–H groups in total. The van der Waals surface area contributed by atoms with Crippen LogP contribution in [0.4, 0.5) is 0 Å². The van der Waals surface area contributed by atoms with Crippen LogP contribution < -0.4 is 5.26 Å². The molecular formula is C44H67N3O5S. The van der Waals surface area contributed by atoms with Gasteiger partial charge in [0, 0.05) is 16.0 Å². The van der Waals surface area contributed by atoms with Crippen LogP contribution >= 0.6 is 12.0 Å². The van der Waals surface area contributed by atoms with Gasteiger partial charge in [-0.25, -0.2) is 0 Å². The summed E-state index contributed by atoms with van der Waals surface area (Å²) in [7, 11) is 4.89. The van der Waals surface area contributed by atoms with Crippen molar-refractivity contribution in [3.63, 3.8) is 0 Å². The van der Waals surface area contributed by atoms with E-state index in [2.05, 4.69) is 42.3 Å². The number of hydrogen-bond donors (Lipinski definition) is 3. The van der Waals surface area contributed by atoms with Gasteiger partial charge >= 0.3 is 0 Å². The topological polar surface area (TPSA) is 118 Å². The Balaban J connectivity index is 0.000000285. The molecule has 0 atom stereocenters. The number of H-pyrrole nitrogens is 1. The summed E-state index contributed by atoms with van der Waals surface area (Å²) in [4.78, 5) is 16.4. The van der Waals surface area contributed by atoms with Gasteiger partial charge < -0.3 is 19.8 Å². The van der Waals surface area contributed by atoms with Crippen molar-refractivity contribution in [1.82, 2.24) is 4.98 Å². The van der Waals surface area contributed by atoms with Gasteiger partial charge in [0.25, 0.3) is 0 Å². The molecule has 1 heterocycles. The number of hydrogen-bond acceptors (Lipinski definition) is 7. The Kier molecular flexibility index (Phi) is 21.1. The number of benzene rings is 2. The van der Waals surface area contributed by atoms with Crippen molar-refractivity contribution >= 4 is 23.5 Å². The van der Waals surface area contributed by atoms with E-state index in [0.29, 0.717) is 27.3 Å². The summed E-state index contributed by atoms with van der Waals surface area (Å²) in [6.45, 7) is 7.37. The average Bonchev–Trinajstić information content (AvgIpc) is 3.52. The first-order valence-corrected chi connectivity index (χ1v) is 21.2. The third kappa shape index (κ3) is 15.4. The highest BCUT2D eigenvalue weighted by Crippen LogP contribution is 2.39. The highest BCUT2D eigenvalue weighted by molar-refractivity contribution is 7.94. The zero-order chi connectivity index (χ0) is 38.3. The lowest BCUT2D eigenvalue weighted by Crippen LogP contribution is -2.41. The van der Waals surface area contributed by atoms with Gasteiger partial charge in [0.05, 0.1) is 61.8 Å². The second-order valence-electron chi connectivity index (χ2n) is 15.3. The Morgan fingerprint density at radius 1 is 0.679 bits per heavy atom. The smallest absolute Gasteiger partial charge is 0.199 e. The molecule has 1 aromatic heterocycles. The van der Waals surface area contributed by atoms with E-state index in [-0.39, 0.29) is 28.5 Å². The summed E-state index contributed by atoms with van der Waals surface area (Å²) < 4.78 is 5.51. The number of aromatic amines is 1. The number of rotatable bonds is 26. The molecule has 2 aromatic carbocycles. The van der Waals surface area contributed by atoms with Crippen LogP contribution in [0.25, 0.3) is 11.3 Å². The number of quaternary nitrogens is 1. The summed E-state index contributed by atoms with van der Waals surface area (Å²) >= 11 is 0.755. The molecule has 3 aromatic rings. The van der Waals surface area contributed by atoms with E-state index in [4.69, 9.17) is 5.41 Å². The molecule has 0 bridgehead atoms. The van der Waals surface area contributed by atoms with Crippen molar-refractivity contribution in [2.75, 3.05) is 27.2 Å². The highest BCUT2D eigenvalue weighted by atomic mass is 32.2. The van der Waals surface area contributed by atoms with Crippen LogP contribution in [0.5, 0.6) is 5.88 Å². The number of aromatic nitrogens is 1. The van der Waals surface area contributed by atoms with Crippen molar-refractivity contribution in [2.45, 2.75) is 147 Å². The van der Waals surface area contributed by atoms with Crippen LogP contribution in [0, 0.1) is 5.41 Å². The van der Waals surface area contributed by atoms with Gasteiger partial charge in [-0.3, -0.25) is 15.2 Å². The minimum absolute atomic E-state index is 0.100. The summed E-state index contributed by atoms with van der Waals surface area (Å²) in [5.74, 6) is -0.468. The van der Waals surface area contributed by atoms with E-state index in [1.165, 1.54) is 146 Å². The van der Waals surface area contributed by atoms with Crippen molar-refractivity contribution in [2.24, 2.45) is 0 Å². The molecule has 0 saturated heterocycles. The standard InChI is InChI=1S/C26H56N.C18H12N2O5S/c1-5-7-9-11-13-15-17-19-21-23-25-27(3,4)26-24-22-20-18-16-14-12-10-8-6-2;19-15-11-3-1-2-4-12(11)17(21)14-13(15)18(22)20-16(14)9-5-7-10(8-6-9)26-25-24-23/h5-26H2,1-4H3;1-8,19-20,22-23H/q+1;/p-1. The second kappa shape index (κ2) is 25.2. The lowest BCUT2D eigenvalue weighted by atomic mass is 9.84. The number of aromatic hydroxyl groups is 1. The van der Waals surface area contributed by atoms with Crippen LogP contribution in [0.2, 0.25) is 0 Å². The monoisotopic (exact) mass is 749 g/mol. The average molecular weight is 750 g/mol. The third-order valence-electron chi connectivity index (χ3n) is 10.4. The van der Waals surface area contributed by atoms with E-state index in [1.807, 2.05) is 0 Å². The summed E-state index contributed by atoms with van der Waals surface area (Å²) in [6.07, 6.45) is 29.0. The quantitative estimate of drug-likeness (QED) is 0.0193. The van der Waals surface area contributed by atoms with Gasteiger partial charge in [0.1, 0.15) is 0 Å². The number of carbonyl (C=O) groups excluding carboxylic acids is 1. The number of ketones is 1. The summed E-state index contributed by atoms with van der Waals surface area (Å²) in [5.41, 5.74) is 2.57. The maximum Gasteiger partial charge on any atom is 0.199 e.